The van der Waals surface area contributed by atoms with Crippen molar-refractivity contribution in [2.45, 2.75) is 25.3 Å². The standard InChI is InChI=1S/C15H16ClNO3/c16-13-4-2-1-3-10(13)6-8-14(18)17-12-7-5-11(9-12)15(19)20/h1-5,7,11-12H,6,8-9H2,(H,17,18)(H,19,20). The van der Waals surface area contributed by atoms with Gasteiger partial charge >= 0.3 is 5.97 Å². The number of carbonyl (C=O) groups is 2. The molecule has 0 fully saturated rings. The molecule has 20 heavy (non-hydrogen) atoms. The molecule has 5 heteroatoms. The number of carboxylic acid groups (broad SMARTS) is 1. The molecule has 2 rings (SSSR count). The van der Waals surface area contributed by atoms with E-state index in [0.717, 1.165) is 5.56 Å². The normalized spacial score (nSPS) is 20.9. The van der Waals surface area contributed by atoms with E-state index in [1.807, 2.05) is 18.2 Å². The molecule has 0 saturated heterocycles. The molecule has 1 aromatic carbocycles. The fraction of sp³-hybridized carbons (Fsp3) is 0.333. The number of rotatable bonds is 5. The first kappa shape index (κ1) is 14.6. The highest BCUT2D eigenvalue weighted by Gasteiger charge is 2.25. The van der Waals surface area contributed by atoms with Gasteiger partial charge in [-0.25, -0.2) is 0 Å². The summed E-state index contributed by atoms with van der Waals surface area (Å²) in [4.78, 5) is 22.6. The van der Waals surface area contributed by atoms with Gasteiger partial charge < -0.3 is 10.4 Å². The molecule has 0 bridgehead atoms. The summed E-state index contributed by atoms with van der Waals surface area (Å²) in [5, 5.41) is 12.3. The molecule has 1 aliphatic rings. The van der Waals surface area contributed by atoms with Gasteiger partial charge in [-0.05, 0) is 24.5 Å². The maximum absolute atomic E-state index is 11.8. The van der Waals surface area contributed by atoms with Crippen molar-refractivity contribution < 1.29 is 14.7 Å². The van der Waals surface area contributed by atoms with Gasteiger partial charge in [-0.2, -0.15) is 0 Å². The number of halogens is 1. The summed E-state index contributed by atoms with van der Waals surface area (Å²) in [6.45, 7) is 0. The molecule has 106 valence electrons. The van der Waals surface area contributed by atoms with Crippen molar-refractivity contribution in [1.82, 2.24) is 5.32 Å². The molecular weight excluding hydrogens is 278 g/mol. The van der Waals surface area contributed by atoms with Crippen molar-refractivity contribution in [3.8, 4) is 0 Å². The summed E-state index contributed by atoms with van der Waals surface area (Å²) in [5.74, 6) is -1.44. The van der Waals surface area contributed by atoms with E-state index in [0.29, 0.717) is 24.3 Å². The molecule has 1 aliphatic carbocycles. The first-order valence-corrected chi connectivity index (χ1v) is 6.88. The highest BCUT2D eigenvalue weighted by atomic mass is 35.5. The van der Waals surface area contributed by atoms with Gasteiger partial charge in [-0.15, -0.1) is 0 Å². The molecule has 1 amide bonds. The molecule has 2 unspecified atom stereocenters. The largest absolute Gasteiger partial charge is 0.481 e. The van der Waals surface area contributed by atoms with Crippen LogP contribution < -0.4 is 5.32 Å². The van der Waals surface area contributed by atoms with Gasteiger partial charge in [0.2, 0.25) is 5.91 Å². The number of aryl methyl sites for hydroxylation is 1. The van der Waals surface area contributed by atoms with Gasteiger partial charge in [0.25, 0.3) is 0 Å². The minimum absolute atomic E-state index is 0.0920. The van der Waals surface area contributed by atoms with Crippen LogP contribution in [0.3, 0.4) is 0 Å². The number of amides is 1. The predicted molar refractivity (Wildman–Crippen MR) is 76.6 cm³/mol. The van der Waals surface area contributed by atoms with Crippen LogP contribution in [0, 0.1) is 5.92 Å². The first-order chi connectivity index (χ1) is 9.56. The Morgan fingerprint density at radius 1 is 1.30 bits per heavy atom. The van der Waals surface area contributed by atoms with E-state index in [-0.39, 0.29) is 11.9 Å². The van der Waals surface area contributed by atoms with Crippen LogP contribution in [-0.2, 0) is 16.0 Å². The smallest absolute Gasteiger partial charge is 0.310 e. The number of carboxylic acids is 1. The molecule has 1 aromatic rings. The molecule has 0 radical (unpaired) electrons. The fourth-order valence-electron chi connectivity index (χ4n) is 2.22. The zero-order valence-electron chi connectivity index (χ0n) is 10.9. The van der Waals surface area contributed by atoms with Crippen molar-refractivity contribution >= 4 is 23.5 Å². The number of benzene rings is 1. The van der Waals surface area contributed by atoms with E-state index in [1.165, 1.54) is 0 Å². The Morgan fingerprint density at radius 2 is 2.05 bits per heavy atom. The van der Waals surface area contributed by atoms with Gasteiger partial charge in [0.1, 0.15) is 0 Å². The predicted octanol–water partition coefficient (Wildman–Crippen LogP) is 2.42. The van der Waals surface area contributed by atoms with E-state index in [9.17, 15) is 9.59 Å². The highest BCUT2D eigenvalue weighted by Crippen LogP contribution is 2.19. The Morgan fingerprint density at radius 3 is 2.70 bits per heavy atom. The van der Waals surface area contributed by atoms with Crippen LogP contribution in [0.5, 0.6) is 0 Å². The first-order valence-electron chi connectivity index (χ1n) is 6.50. The van der Waals surface area contributed by atoms with E-state index >= 15 is 0 Å². The summed E-state index contributed by atoms with van der Waals surface area (Å²) in [5.41, 5.74) is 0.940. The maximum Gasteiger partial charge on any atom is 0.310 e. The lowest BCUT2D eigenvalue weighted by Gasteiger charge is -2.12. The van der Waals surface area contributed by atoms with Crippen molar-refractivity contribution in [3.05, 3.63) is 47.0 Å². The van der Waals surface area contributed by atoms with Crippen molar-refractivity contribution in [2.75, 3.05) is 0 Å². The zero-order valence-corrected chi connectivity index (χ0v) is 11.6. The Kier molecular flexibility index (Phi) is 4.79. The van der Waals surface area contributed by atoms with Crippen LogP contribution in [0.4, 0.5) is 0 Å². The van der Waals surface area contributed by atoms with Gasteiger partial charge in [-0.1, -0.05) is 42.0 Å². The summed E-state index contributed by atoms with van der Waals surface area (Å²) in [6, 6.07) is 7.24. The van der Waals surface area contributed by atoms with Crippen LogP contribution in [0.2, 0.25) is 5.02 Å². The molecule has 4 nitrogen and oxygen atoms in total. The minimum atomic E-state index is -0.853. The number of aliphatic carboxylic acids is 1. The zero-order chi connectivity index (χ0) is 14.5. The Labute approximate surface area is 122 Å². The molecule has 0 spiro atoms. The average molecular weight is 294 g/mol. The van der Waals surface area contributed by atoms with Crippen molar-refractivity contribution in [2.24, 2.45) is 5.92 Å². The molecule has 0 aliphatic heterocycles. The fourth-order valence-corrected chi connectivity index (χ4v) is 2.45. The van der Waals surface area contributed by atoms with Gasteiger partial charge in [0.15, 0.2) is 0 Å². The third-order valence-corrected chi connectivity index (χ3v) is 3.70. The van der Waals surface area contributed by atoms with E-state index in [2.05, 4.69) is 5.32 Å². The number of hydrogen-bond acceptors (Lipinski definition) is 2. The lowest BCUT2D eigenvalue weighted by Crippen LogP contribution is -2.33. The molecule has 2 N–H and O–H groups in total. The topological polar surface area (TPSA) is 66.4 Å². The second-order valence-electron chi connectivity index (χ2n) is 4.83. The minimum Gasteiger partial charge on any atom is -0.481 e. The van der Waals surface area contributed by atoms with Crippen LogP contribution in [0.25, 0.3) is 0 Å². The third-order valence-electron chi connectivity index (χ3n) is 3.33. The number of nitrogens with one attached hydrogen (secondary N) is 1. The summed E-state index contributed by atoms with van der Waals surface area (Å²) in [7, 11) is 0. The monoisotopic (exact) mass is 293 g/mol. The van der Waals surface area contributed by atoms with Gasteiger partial charge in [0, 0.05) is 17.5 Å². The second kappa shape index (κ2) is 6.57. The second-order valence-corrected chi connectivity index (χ2v) is 5.24. The van der Waals surface area contributed by atoms with Gasteiger partial charge in [-0.3, -0.25) is 9.59 Å². The Bertz CT molecular complexity index is 542. The van der Waals surface area contributed by atoms with E-state index < -0.39 is 11.9 Å². The maximum atomic E-state index is 11.8. The SMILES string of the molecule is O=C(CCc1ccccc1Cl)NC1C=CC(C(=O)O)C1. The highest BCUT2D eigenvalue weighted by molar-refractivity contribution is 6.31. The lowest BCUT2D eigenvalue weighted by atomic mass is 10.1. The third kappa shape index (κ3) is 3.84. The molecule has 0 saturated carbocycles. The number of hydrogen-bond donors (Lipinski definition) is 2. The lowest BCUT2D eigenvalue weighted by molar-refractivity contribution is -0.140. The molecule has 0 aromatic heterocycles. The quantitative estimate of drug-likeness (QED) is 0.819. The Balaban J connectivity index is 1.78. The Hall–Kier alpha value is -1.81. The van der Waals surface area contributed by atoms with Crippen molar-refractivity contribution in [3.63, 3.8) is 0 Å². The number of carbonyl (C=O) groups excluding carboxylic acids is 1. The molecular formula is C15H16ClNO3. The van der Waals surface area contributed by atoms with E-state index in [1.54, 1.807) is 18.2 Å². The average Bonchev–Trinajstić information content (AvgIpc) is 2.86. The van der Waals surface area contributed by atoms with E-state index in [4.69, 9.17) is 16.7 Å². The summed E-state index contributed by atoms with van der Waals surface area (Å²) >= 11 is 6.02. The van der Waals surface area contributed by atoms with Crippen molar-refractivity contribution in [1.29, 1.82) is 0 Å². The summed E-state index contributed by atoms with van der Waals surface area (Å²) < 4.78 is 0. The molecule has 0 heterocycles. The van der Waals surface area contributed by atoms with Crippen LogP contribution >= 0.6 is 11.6 Å². The van der Waals surface area contributed by atoms with Gasteiger partial charge in [0.05, 0.1) is 5.92 Å². The van der Waals surface area contributed by atoms with Crippen LogP contribution in [0.15, 0.2) is 36.4 Å². The van der Waals surface area contributed by atoms with Crippen LogP contribution in [0.1, 0.15) is 18.4 Å². The summed E-state index contributed by atoms with van der Waals surface area (Å²) in [6.07, 6.45) is 4.71. The van der Waals surface area contributed by atoms with Crippen LogP contribution in [-0.4, -0.2) is 23.0 Å². The molecule has 2 atom stereocenters.